The molecule has 0 N–H and O–H groups in total. The van der Waals surface area contributed by atoms with Crippen molar-refractivity contribution in [3.8, 4) is 5.75 Å². The lowest BCUT2D eigenvalue weighted by Crippen LogP contribution is -2.08. The van der Waals surface area contributed by atoms with Crippen LogP contribution in [0.15, 0.2) is 63.8 Å². The molecule has 0 aliphatic rings. The van der Waals surface area contributed by atoms with Crippen molar-refractivity contribution in [1.82, 2.24) is 0 Å². The molecule has 4 heteroatoms. The minimum atomic E-state index is -0.424. The summed E-state index contributed by atoms with van der Waals surface area (Å²) in [6, 6.07) is 15.0. The molecular formula is C17H12O4. The van der Waals surface area contributed by atoms with Crippen molar-refractivity contribution in [3.05, 3.63) is 76.1 Å². The number of benzene rings is 2. The van der Waals surface area contributed by atoms with Crippen LogP contribution in [0.5, 0.6) is 5.75 Å². The Kier molecular flexibility index (Phi) is 3.28. The third-order valence-electron chi connectivity index (χ3n) is 3.09. The molecular weight excluding hydrogens is 268 g/mol. The average molecular weight is 280 g/mol. The van der Waals surface area contributed by atoms with Gasteiger partial charge in [-0.3, -0.25) is 0 Å². The highest BCUT2D eigenvalue weighted by molar-refractivity contribution is 5.91. The number of esters is 1. The minimum absolute atomic E-state index is 0.405. The first-order valence-corrected chi connectivity index (χ1v) is 6.44. The molecule has 0 fully saturated rings. The summed E-state index contributed by atoms with van der Waals surface area (Å²) in [7, 11) is 0. The third-order valence-corrected chi connectivity index (χ3v) is 3.09. The fraction of sp³-hybridized carbons (Fsp3) is 0.0588. The van der Waals surface area contributed by atoms with Gasteiger partial charge in [-0.1, -0.05) is 17.7 Å². The second-order valence-corrected chi connectivity index (χ2v) is 4.71. The monoisotopic (exact) mass is 280 g/mol. The molecule has 1 heterocycles. The van der Waals surface area contributed by atoms with E-state index in [4.69, 9.17) is 9.15 Å². The number of ether oxygens (including phenoxy) is 1. The van der Waals surface area contributed by atoms with Crippen molar-refractivity contribution in [2.75, 3.05) is 0 Å². The lowest BCUT2D eigenvalue weighted by Gasteiger charge is -2.05. The van der Waals surface area contributed by atoms with Crippen LogP contribution in [0, 0.1) is 6.92 Å². The van der Waals surface area contributed by atoms with Gasteiger partial charge in [0.1, 0.15) is 11.3 Å². The van der Waals surface area contributed by atoms with E-state index in [0.717, 1.165) is 5.56 Å². The first-order chi connectivity index (χ1) is 10.1. The molecule has 2 aromatic carbocycles. The van der Waals surface area contributed by atoms with Gasteiger partial charge in [-0.25, -0.2) is 9.59 Å². The summed E-state index contributed by atoms with van der Waals surface area (Å²) < 4.78 is 10.3. The second kappa shape index (κ2) is 5.25. The van der Waals surface area contributed by atoms with Crippen LogP contribution >= 0.6 is 0 Å². The first-order valence-electron chi connectivity index (χ1n) is 6.44. The molecule has 3 rings (SSSR count). The van der Waals surface area contributed by atoms with Gasteiger partial charge in [0.15, 0.2) is 0 Å². The van der Waals surface area contributed by atoms with Gasteiger partial charge in [0.25, 0.3) is 0 Å². The molecule has 0 amide bonds. The molecule has 4 nitrogen and oxygen atoms in total. The van der Waals surface area contributed by atoms with E-state index >= 15 is 0 Å². The molecule has 21 heavy (non-hydrogen) atoms. The number of carbonyl (C=O) groups is 1. The molecule has 0 atom stereocenters. The first kappa shape index (κ1) is 13.1. The van der Waals surface area contributed by atoms with Crippen LogP contribution < -0.4 is 10.4 Å². The van der Waals surface area contributed by atoms with Gasteiger partial charge in [0, 0.05) is 11.5 Å². The summed E-state index contributed by atoms with van der Waals surface area (Å²) >= 11 is 0. The standard InChI is InChI=1S/C17H12O4/c1-11-2-4-12(5-3-11)17(19)20-14-7-8-15-13(10-14)6-9-16(18)21-15/h2-10H,1H3. The van der Waals surface area contributed by atoms with Crippen molar-refractivity contribution >= 4 is 16.9 Å². The summed E-state index contributed by atoms with van der Waals surface area (Å²) in [5.74, 6) is -0.0198. The van der Waals surface area contributed by atoms with Crippen LogP contribution in [0.25, 0.3) is 11.0 Å². The zero-order chi connectivity index (χ0) is 14.8. The Morgan fingerprint density at radius 2 is 1.76 bits per heavy atom. The molecule has 0 radical (unpaired) electrons. The predicted octanol–water partition coefficient (Wildman–Crippen LogP) is 3.32. The quantitative estimate of drug-likeness (QED) is 0.410. The normalized spacial score (nSPS) is 10.5. The number of fused-ring (bicyclic) bond motifs is 1. The Morgan fingerprint density at radius 3 is 2.52 bits per heavy atom. The van der Waals surface area contributed by atoms with Gasteiger partial charge in [0.2, 0.25) is 0 Å². The summed E-state index contributed by atoms with van der Waals surface area (Å²) in [5.41, 5.74) is 1.61. The van der Waals surface area contributed by atoms with Crippen LogP contribution in [0.2, 0.25) is 0 Å². The van der Waals surface area contributed by atoms with Gasteiger partial charge < -0.3 is 9.15 Å². The molecule has 0 saturated heterocycles. The lowest BCUT2D eigenvalue weighted by molar-refractivity contribution is 0.0735. The number of hydrogen-bond acceptors (Lipinski definition) is 4. The molecule has 0 aliphatic heterocycles. The maximum Gasteiger partial charge on any atom is 0.343 e. The zero-order valence-corrected chi connectivity index (χ0v) is 11.3. The summed E-state index contributed by atoms with van der Waals surface area (Å²) in [5, 5.41) is 0.698. The van der Waals surface area contributed by atoms with Crippen molar-refractivity contribution in [1.29, 1.82) is 0 Å². The Labute approximate surface area is 120 Å². The number of rotatable bonds is 2. The molecule has 3 aromatic rings. The van der Waals surface area contributed by atoms with Crippen LogP contribution in [0.1, 0.15) is 15.9 Å². The number of aryl methyl sites for hydroxylation is 1. The van der Waals surface area contributed by atoms with E-state index in [1.165, 1.54) is 6.07 Å². The molecule has 1 aromatic heterocycles. The van der Waals surface area contributed by atoms with Gasteiger partial charge in [-0.2, -0.15) is 0 Å². The fourth-order valence-corrected chi connectivity index (χ4v) is 1.97. The molecule has 0 spiro atoms. The average Bonchev–Trinajstić information content (AvgIpc) is 2.48. The second-order valence-electron chi connectivity index (χ2n) is 4.71. The number of hydrogen-bond donors (Lipinski definition) is 0. The maximum absolute atomic E-state index is 12.0. The largest absolute Gasteiger partial charge is 0.423 e. The number of carbonyl (C=O) groups excluding carboxylic acids is 1. The van der Waals surface area contributed by atoms with Gasteiger partial charge in [0.05, 0.1) is 5.56 Å². The highest BCUT2D eigenvalue weighted by Crippen LogP contribution is 2.20. The van der Waals surface area contributed by atoms with E-state index < -0.39 is 11.6 Å². The SMILES string of the molecule is Cc1ccc(C(=O)Oc2ccc3oc(=O)ccc3c2)cc1. The van der Waals surface area contributed by atoms with Crippen molar-refractivity contribution in [2.45, 2.75) is 6.92 Å². The highest BCUT2D eigenvalue weighted by Gasteiger charge is 2.09. The van der Waals surface area contributed by atoms with Gasteiger partial charge in [-0.05, 0) is 43.3 Å². The van der Waals surface area contributed by atoms with Gasteiger partial charge >= 0.3 is 11.6 Å². The Bertz CT molecular complexity index is 860. The summed E-state index contributed by atoms with van der Waals surface area (Å²) in [6.45, 7) is 1.95. The van der Waals surface area contributed by atoms with E-state index in [-0.39, 0.29) is 0 Å². The molecule has 0 aliphatic carbocycles. The molecule has 0 unspecified atom stereocenters. The van der Waals surface area contributed by atoms with Crippen LogP contribution in [0.4, 0.5) is 0 Å². The molecule has 0 bridgehead atoms. The van der Waals surface area contributed by atoms with Crippen molar-refractivity contribution < 1.29 is 13.9 Å². The topological polar surface area (TPSA) is 56.5 Å². The molecule has 104 valence electrons. The molecule has 0 saturated carbocycles. The van der Waals surface area contributed by atoms with E-state index in [9.17, 15) is 9.59 Å². The highest BCUT2D eigenvalue weighted by atomic mass is 16.5. The Morgan fingerprint density at radius 1 is 1.00 bits per heavy atom. The van der Waals surface area contributed by atoms with Crippen molar-refractivity contribution in [3.63, 3.8) is 0 Å². The zero-order valence-electron chi connectivity index (χ0n) is 11.3. The van der Waals surface area contributed by atoms with E-state index in [1.54, 1.807) is 36.4 Å². The summed E-state index contributed by atoms with van der Waals surface area (Å²) in [4.78, 5) is 23.1. The van der Waals surface area contributed by atoms with E-state index in [0.29, 0.717) is 22.3 Å². The maximum atomic E-state index is 12.0. The predicted molar refractivity (Wildman–Crippen MR) is 78.6 cm³/mol. The van der Waals surface area contributed by atoms with Crippen LogP contribution in [-0.4, -0.2) is 5.97 Å². The van der Waals surface area contributed by atoms with E-state index in [2.05, 4.69) is 0 Å². The van der Waals surface area contributed by atoms with Crippen LogP contribution in [0.3, 0.4) is 0 Å². The minimum Gasteiger partial charge on any atom is -0.423 e. The lowest BCUT2D eigenvalue weighted by atomic mass is 10.1. The van der Waals surface area contributed by atoms with E-state index in [1.807, 2.05) is 19.1 Å². The van der Waals surface area contributed by atoms with Crippen LogP contribution in [-0.2, 0) is 0 Å². The Balaban J connectivity index is 1.87. The summed E-state index contributed by atoms with van der Waals surface area (Å²) in [6.07, 6.45) is 0. The Hall–Kier alpha value is -2.88. The third kappa shape index (κ3) is 2.84. The van der Waals surface area contributed by atoms with Gasteiger partial charge in [-0.15, -0.1) is 0 Å². The fourth-order valence-electron chi connectivity index (χ4n) is 1.97. The smallest absolute Gasteiger partial charge is 0.343 e. The van der Waals surface area contributed by atoms with Crippen molar-refractivity contribution in [2.24, 2.45) is 0 Å².